The fourth-order valence-electron chi connectivity index (χ4n) is 3.14. The maximum absolute atomic E-state index is 5.93. The molecule has 0 saturated carbocycles. The molecule has 0 bridgehead atoms. The van der Waals surface area contributed by atoms with Crippen molar-refractivity contribution in [1.29, 1.82) is 0 Å². The van der Waals surface area contributed by atoms with Crippen molar-refractivity contribution in [3.63, 3.8) is 0 Å². The summed E-state index contributed by atoms with van der Waals surface area (Å²) in [6, 6.07) is 0. The van der Waals surface area contributed by atoms with E-state index in [1.165, 1.54) is 5.56 Å². The molecule has 3 rings (SSSR count). The van der Waals surface area contributed by atoms with Crippen LogP contribution in [0.4, 0.5) is 0 Å². The number of hydrogen-bond acceptors (Lipinski definition) is 4. The van der Waals surface area contributed by atoms with Crippen molar-refractivity contribution in [3.8, 4) is 0 Å². The van der Waals surface area contributed by atoms with Gasteiger partial charge in [-0.3, -0.25) is 14.4 Å². The normalized spacial score (nSPS) is 18.3. The predicted molar refractivity (Wildman–Crippen MR) is 101 cm³/mol. The summed E-state index contributed by atoms with van der Waals surface area (Å²) in [5.74, 6) is 0.968. The van der Waals surface area contributed by atoms with Gasteiger partial charge in [-0.1, -0.05) is 0 Å². The van der Waals surface area contributed by atoms with Crippen molar-refractivity contribution in [2.24, 2.45) is 19.1 Å². The summed E-state index contributed by atoms with van der Waals surface area (Å²) in [4.78, 5) is 7.11. The molecule has 8 heteroatoms. The molecular weight excluding hydrogens is 330 g/mol. The molecule has 2 aromatic heterocycles. The summed E-state index contributed by atoms with van der Waals surface area (Å²) in [5.41, 5.74) is 2.38. The third-order valence-electron chi connectivity index (χ3n) is 4.44. The predicted octanol–water partition coefficient (Wildman–Crippen LogP) is 1.13. The van der Waals surface area contributed by atoms with Crippen LogP contribution in [0.1, 0.15) is 30.6 Å². The van der Waals surface area contributed by atoms with Crippen molar-refractivity contribution in [1.82, 2.24) is 29.8 Å². The summed E-state index contributed by atoms with van der Waals surface area (Å²) < 4.78 is 9.59. The van der Waals surface area contributed by atoms with Gasteiger partial charge in [-0.15, -0.1) is 0 Å². The van der Waals surface area contributed by atoms with Gasteiger partial charge in [0.05, 0.1) is 25.5 Å². The topological polar surface area (TPSA) is 72.5 Å². The van der Waals surface area contributed by atoms with Crippen molar-refractivity contribution in [2.45, 2.75) is 25.9 Å². The Balaban J connectivity index is 1.56. The molecule has 8 nitrogen and oxygen atoms in total. The number of guanidine groups is 1. The Labute approximate surface area is 154 Å². The van der Waals surface area contributed by atoms with Crippen LogP contribution in [0.25, 0.3) is 0 Å². The average molecular weight is 359 g/mol. The largest absolute Gasteiger partial charge is 0.370 e. The first-order chi connectivity index (χ1) is 12.7. The highest BCUT2D eigenvalue weighted by Gasteiger charge is 2.25. The smallest absolute Gasteiger partial charge is 0.194 e. The number of rotatable bonds is 6. The van der Waals surface area contributed by atoms with Crippen LogP contribution >= 0.6 is 0 Å². The Hall–Kier alpha value is -2.35. The lowest BCUT2D eigenvalue weighted by molar-refractivity contribution is -0.00804. The Morgan fingerprint density at radius 1 is 1.27 bits per heavy atom. The number of aliphatic imine (C=N–C) groups is 1. The number of nitrogens with zero attached hydrogens (tertiary/aromatic N) is 6. The Kier molecular flexibility index (Phi) is 6.27. The quantitative estimate of drug-likeness (QED) is 0.475. The van der Waals surface area contributed by atoms with Gasteiger partial charge in [0.15, 0.2) is 5.96 Å². The zero-order valence-electron chi connectivity index (χ0n) is 15.9. The zero-order valence-corrected chi connectivity index (χ0v) is 15.9. The van der Waals surface area contributed by atoms with Gasteiger partial charge in [0.1, 0.15) is 6.10 Å². The fourth-order valence-corrected chi connectivity index (χ4v) is 3.14. The van der Waals surface area contributed by atoms with E-state index in [1.54, 1.807) is 0 Å². The van der Waals surface area contributed by atoms with Crippen LogP contribution in [-0.4, -0.2) is 63.2 Å². The molecule has 26 heavy (non-hydrogen) atoms. The number of ether oxygens (including phenoxy) is 1. The summed E-state index contributed by atoms with van der Waals surface area (Å²) in [7, 11) is 3.87. The van der Waals surface area contributed by atoms with E-state index in [2.05, 4.69) is 33.5 Å². The minimum Gasteiger partial charge on any atom is -0.370 e. The first-order valence-corrected chi connectivity index (χ1v) is 9.26. The number of aromatic nitrogens is 4. The molecule has 0 aliphatic carbocycles. The molecule has 1 atom stereocenters. The van der Waals surface area contributed by atoms with Crippen molar-refractivity contribution >= 4 is 5.96 Å². The Bertz CT molecular complexity index is 721. The lowest BCUT2D eigenvalue weighted by Crippen LogP contribution is -2.48. The van der Waals surface area contributed by atoms with E-state index in [0.29, 0.717) is 6.61 Å². The minimum absolute atomic E-state index is 0.0386. The zero-order chi connectivity index (χ0) is 18.4. The minimum atomic E-state index is 0.0386. The van der Waals surface area contributed by atoms with Crippen LogP contribution in [0.15, 0.2) is 29.8 Å². The lowest BCUT2D eigenvalue weighted by Gasteiger charge is -2.34. The summed E-state index contributed by atoms with van der Waals surface area (Å²) >= 11 is 0. The third-order valence-corrected chi connectivity index (χ3v) is 4.44. The number of nitrogens with one attached hydrogen (secondary N) is 1. The van der Waals surface area contributed by atoms with Crippen LogP contribution < -0.4 is 5.32 Å². The molecule has 2 aromatic rings. The van der Waals surface area contributed by atoms with Crippen molar-refractivity contribution < 1.29 is 4.74 Å². The van der Waals surface area contributed by atoms with E-state index < -0.39 is 0 Å². The van der Waals surface area contributed by atoms with Gasteiger partial charge >= 0.3 is 0 Å². The van der Waals surface area contributed by atoms with Crippen LogP contribution in [-0.2, 0) is 25.3 Å². The number of morpholine rings is 1. The van der Waals surface area contributed by atoms with E-state index >= 15 is 0 Å². The molecule has 1 aliphatic heterocycles. The van der Waals surface area contributed by atoms with Gasteiger partial charge in [-0.25, -0.2) is 0 Å². The standard InChI is InChI=1S/C18H29N7O/c1-4-19-18(20-7-5-6-15-10-21-23(2)12-15)25-8-9-26-17(14-25)16-11-22-24(3)13-16/h10-13,17H,4-9,14H2,1-3H3,(H,19,20). The van der Waals surface area contributed by atoms with Gasteiger partial charge < -0.3 is 15.0 Å². The summed E-state index contributed by atoms with van der Waals surface area (Å²) in [6.45, 7) is 6.09. The van der Waals surface area contributed by atoms with Crippen molar-refractivity contribution in [2.75, 3.05) is 32.8 Å². The van der Waals surface area contributed by atoms with Crippen LogP contribution in [0.2, 0.25) is 0 Å². The molecule has 3 heterocycles. The molecule has 1 fully saturated rings. The molecule has 0 aromatic carbocycles. The highest BCUT2D eigenvalue weighted by Crippen LogP contribution is 2.21. The van der Waals surface area contributed by atoms with E-state index in [9.17, 15) is 0 Å². The highest BCUT2D eigenvalue weighted by atomic mass is 16.5. The highest BCUT2D eigenvalue weighted by molar-refractivity contribution is 5.80. The summed E-state index contributed by atoms with van der Waals surface area (Å²) in [6.07, 6.45) is 9.94. The van der Waals surface area contributed by atoms with Gasteiger partial charge in [0, 0.05) is 51.7 Å². The molecule has 1 unspecified atom stereocenters. The van der Waals surface area contributed by atoms with E-state index in [4.69, 9.17) is 9.73 Å². The molecule has 1 saturated heterocycles. The number of aryl methyl sites for hydroxylation is 3. The first-order valence-electron chi connectivity index (χ1n) is 9.26. The van der Waals surface area contributed by atoms with Crippen molar-refractivity contribution in [3.05, 3.63) is 35.9 Å². The number of hydrogen-bond donors (Lipinski definition) is 1. The van der Waals surface area contributed by atoms with Crippen LogP contribution in [0.5, 0.6) is 0 Å². The van der Waals surface area contributed by atoms with Crippen LogP contribution in [0.3, 0.4) is 0 Å². The summed E-state index contributed by atoms with van der Waals surface area (Å²) in [5, 5.41) is 11.9. The molecule has 0 spiro atoms. The third kappa shape index (κ3) is 4.85. The molecular formula is C18H29N7O. The second kappa shape index (κ2) is 8.84. The fraction of sp³-hybridized carbons (Fsp3) is 0.611. The Morgan fingerprint density at radius 2 is 2.08 bits per heavy atom. The molecule has 1 N–H and O–H groups in total. The molecule has 0 radical (unpaired) electrons. The van der Waals surface area contributed by atoms with Gasteiger partial charge in [0.25, 0.3) is 0 Å². The second-order valence-electron chi connectivity index (χ2n) is 6.61. The monoisotopic (exact) mass is 359 g/mol. The molecule has 0 amide bonds. The van der Waals surface area contributed by atoms with E-state index in [-0.39, 0.29) is 6.10 Å². The molecule has 142 valence electrons. The average Bonchev–Trinajstić information content (AvgIpc) is 3.26. The van der Waals surface area contributed by atoms with Crippen LogP contribution in [0, 0.1) is 0 Å². The van der Waals surface area contributed by atoms with Gasteiger partial charge in [0.2, 0.25) is 0 Å². The van der Waals surface area contributed by atoms with Gasteiger partial charge in [-0.2, -0.15) is 10.2 Å². The maximum Gasteiger partial charge on any atom is 0.194 e. The van der Waals surface area contributed by atoms with Gasteiger partial charge in [-0.05, 0) is 25.3 Å². The maximum atomic E-state index is 5.93. The first kappa shape index (κ1) is 18.4. The van der Waals surface area contributed by atoms with E-state index in [1.807, 2.05) is 42.0 Å². The Morgan fingerprint density at radius 3 is 2.77 bits per heavy atom. The molecule has 1 aliphatic rings. The SMILES string of the molecule is CCNC(=NCCCc1cnn(C)c1)N1CCOC(c2cnn(C)c2)C1. The second-order valence-corrected chi connectivity index (χ2v) is 6.61. The lowest BCUT2D eigenvalue weighted by atomic mass is 10.1. The van der Waals surface area contributed by atoms with E-state index in [0.717, 1.165) is 50.5 Å².